The lowest BCUT2D eigenvalue weighted by Gasteiger charge is -2.11. The highest BCUT2D eigenvalue weighted by Gasteiger charge is 2.28. The van der Waals surface area contributed by atoms with Crippen LogP contribution in [0.1, 0.15) is 24.2 Å². The monoisotopic (exact) mass is 396 g/mol. The Labute approximate surface area is 159 Å². The summed E-state index contributed by atoms with van der Waals surface area (Å²) >= 11 is 0. The van der Waals surface area contributed by atoms with Crippen LogP contribution in [0.5, 0.6) is 5.88 Å². The number of anilines is 2. The first-order chi connectivity index (χ1) is 13.1. The molecule has 2 rings (SSSR count). The highest BCUT2D eigenvalue weighted by Crippen LogP contribution is 2.18. The molecule has 1 aromatic carbocycles. The fourth-order valence-corrected chi connectivity index (χ4v) is 2.03. The van der Waals surface area contributed by atoms with Crippen molar-refractivity contribution in [1.29, 1.82) is 0 Å². The minimum atomic E-state index is -4.45. The molecule has 2 aromatic rings. The number of alkyl halides is 3. The van der Waals surface area contributed by atoms with Crippen molar-refractivity contribution in [3.05, 3.63) is 48.2 Å². The average molecular weight is 396 g/mol. The van der Waals surface area contributed by atoms with E-state index in [2.05, 4.69) is 25.7 Å². The van der Waals surface area contributed by atoms with Gasteiger partial charge in [-0.15, -0.1) is 0 Å². The van der Waals surface area contributed by atoms with Gasteiger partial charge in [-0.25, -0.2) is 9.78 Å². The second-order valence-electron chi connectivity index (χ2n) is 6.07. The first-order valence-electron chi connectivity index (χ1n) is 8.27. The molecule has 0 atom stereocenters. The van der Waals surface area contributed by atoms with E-state index in [4.69, 9.17) is 0 Å². The third-order valence-corrected chi connectivity index (χ3v) is 3.20. The molecule has 7 nitrogen and oxygen atoms in total. The van der Waals surface area contributed by atoms with Crippen LogP contribution in [0.25, 0.3) is 0 Å². The molecule has 0 unspecified atom stereocenters. The Kier molecular flexibility index (Phi) is 6.80. The van der Waals surface area contributed by atoms with Crippen molar-refractivity contribution < 1.29 is 27.5 Å². The second kappa shape index (κ2) is 9.07. The molecule has 1 aromatic heterocycles. The average Bonchev–Trinajstić information content (AvgIpc) is 2.60. The summed E-state index contributed by atoms with van der Waals surface area (Å²) in [5.74, 6) is -0.644. The lowest BCUT2D eigenvalue weighted by molar-refractivity contribution is -0.154. The summed E-state index contributed by atoms with van der Waals surface area (Å²) in [5, 5.41) is 7.87. The number of carbonyl (C=O) groups is 2. The lowest BCUT2D eigenvalue weighted by Crippen LogP contribution is -2.34. The van der Waals surface area contributed by atoms with Crippen molar-refractivity contribution in [1.82, 2.24) is 10.3 Å². The number of rotatable bonds is 6. The Morgan fingerprint density at radius 1 is 1.04 bits per heavy atom. The molecule has 0 aliphatic carbocycles. The third-order valence-electron chi connectivity index (χ3n) is 3.20. The number of carbonyl (C=O) groups excluding carboxylic acids is 2. The molecule has 10 heteroatoms. The first kappa shape index (κ1) is 21.0. The number of nitrogens with one attached hydrogen (secondary N) is 3. The zero-order valence-corrected chi connectivity index (χ0v) is 15.1. The minimum Gasteiger partial charge on any atom is -0.468 e. The Hall–Kier alpha value is -3.30. The highest BCUT2D eigenvalue weighted by atomic mass is 19.4. The number of aromatic nitrogens is 1. The molecule has 0 spiro atoms. The number of nitrogens with zero attached hydrogens (tertiary/aromatic N) is 1. The molecule has 0 fully saturated rings. The van der Waals surface area contributed by atoms with E-state index < -0.39 is 18.7 Å². The van der Waals surface area contributed by atoms with E-state index in [0.717, 1.165) is 0 Å². The molecule has 0 aliphatic rings. The second-order valence-corrected chi connectivity index (χ2v) is 6.07. The Balaban J connectivity index is 1.91. The molecular weight excluding hydrogens is 377 g/mol. The largest absolute Gasteiger partial charge is 0.468 e. The molecule has 0 saturated carbocycles. The summed E-state index contributed by atoms with van der Waals surface area (Å²) in [4.78, 5) is 27.6. The van der Waals surface area contributed by atoms with Crippen molar-refractivity contribution >= 4 is 23.3 Å². The van der Waals surface area contributed by atoms with Gasteiger partial charge in [-0.1, -0.05) is 0 Å². The fourth-order valence-electron chi connectivity index (χ4n) is 2.03. The van der Waals surface area contributed by atoms with Gasteiger partial charge in [-0.05, 0) is 44.2 Å². The van der Waals surface area contributed by atoms with Gasteiger partial charge in [0.2, 0.25) is 5.88 Å². The van der Waals surface area contributed by atoms with Gasteiger partial charge < -0.3 is 20.7 Å². The highest BCUT2D eigenvalue weighted by molar-refractivity contribution is 6.04. The summed E-state index contributed by atoms with van der Waals surface area (Å²) in [6.45, 7) is 2.22. The number of halogens is 3. The maximum atomic E-state index is 12.2. The van der Waals surface area contributed by atoms with Crippen molar-refractivity contribution in [2.75, 3.05) is 17.2 Å². The summed E-state index contributed by atoms with van der Waals surface area (Å²) < 4.78 is 40.8. The van der Waals surface area contributed by atoms with E-state index in [1.807, 2.05) is 13.8 Å². The predicted molar refractivity (Wildman–Crippen MR) is 97.5 cm³/mol. The predicted octanol–water partition coefficient (Wildman–Crippen LogP) is 3.80. The van der Waals surface area contributed by atoms with Crippen LogP contribution in [0.15, 0.2) is 42.6 Å². The number of hydrogen-bond acceptors (Lipinski definition) is 4. The van der Waals surface area contributed by atoms with Crippen LogP contribution in [0.4, 0.5) is 29.3 Å². The van der Waals surface area contributed by atoms with Crippen molar-refractivity contribution in [2.45, 2.75) is 26.1 Å². The fraction of sp³-hybridized carbons (Fsp3) is 0.278. The molecule has 28 heavy (non-hydrogen) atoms. The SMILES string of the molecule is CC(C)NC(=O)Nc1ccc(C(=O)Nc2ccc(OCC(F)(F)F)nc2)cc1. The van der Waals surface area contributed by atoms with E-state index in [0.29, 0.717) is 16.9 Å². The normalized spacial score (nSPS) is 11.1. The Morgan fingerprint density at radius 3 is 2.21 bits per heavy atom. The van der Waals surface area contributed by atoms with Crippen molar-refractivity contribution in [3.8, 4) is 5.88 Å². The van der Waals surface area contributed by atoms with Crippen LogP contribution >= 0.6 is 0 Å². The molecule has 0 saturated heterocycles. The van der Waals surface area contributed by atoms with E-state index in [9.17, 15) is 22.8 Å². The van der Waals surface area contributed by atoms with Gasteiger partial charge in [-0.3, -0.25) is 4.79 Å². The van der Waals surface area contributed by atoms with Gasteiger partial charge in [0.05, 0.1) is 11.9 Å². The summed E-state index contributed by atoms with van der Waals surface area (Å²) in [5.41, 5.74) is 1.14. The first-order valence-corrected chi connectivity index (χ1v) is 8.27. The number of ether oxygens (including phenoxy) is 1. The number of benzene rings is 1. The molecule has 0 bridgehead atoms. The van der Waals surface area contributed by atoms with Gasteiger partial charge in [0.1, 0.15) is 0 Å². The van der Waals surface area contributed by atoms with E-state index >= 15 is 0 Å². The quantitative estimate of drug-likeness (QED) is 0.692. The van der Waals surface area contributed by atoms with Crippen LogP contribution in [-0.2, 0) is 0 Å². The Morgan fingerprint density at radius 2 is 1.68 bits per heavy atom. The molecule has 0 aliphatic heterocycles. The Bertz CT molecular complexity index is 806. The van der Waals surface area contributed by atoms with E-state index in [1.165, 1.54) is 30.5 Å². The summed E-state index contributed by atoms with van der Waals surface area (Å²) in [6, 6.07) is 8.42. The summed E-state index contributed by atoms with van der Waals surface area (Å²) in [7, 11) is 0. The molecule has 3 amide bonds. The van der Waals surface area contributed by atoms with Gasteiger partial charge in [0.15, 0.2) is 6.61 Å². The molecule has 150 valence electrons. The smallest absolute Gasteiger partial charge is 0.422 e. The van der Waals surface area contributed by atoms with Gasteiger partial charge in [0, 0.05) is 23.4 Å². The van der Waals surface area contributed by atoms with Gasteiger partial charge >= 0.3 is 12.2 Å². The van der Waals surface area contributed by atoms with Gasteiger partial charge in [0.25, 0.3) is 5.91 Å². The molecule has 1 heterocycles. The summed E-state index contributed by atoms with van der Waals surface area (Å²) in [6.07, 6.45) is -3.26. The number of amides is 3. The molecule has 3 N–H and O–H groups in total. The minimum absolute atomic E-state index is 0.0103. The molecule has 0 radical (unpaired) electrons. The maximum absolute atomic E-state index is 12.2. The standard InChI is InChI=1S/C18H19F3N4O3/c1-11(2)23-17(27)25-13-5-3-12(4-6-13)16(26)24-14-7-8-15(22-9-14)28-10-18(19,20)21/h3-9,11H,10H2,1-2H3,(H,24,26)(H2,23,25,27). The zero-order chi connectivity index (χ0) is 20.7. The van der Waals surface area contributed by atoms with E-state index in [1.54, 1.807) is 12.1 Å². The third kappa shape index (κ3) is 7.14. The molecular formula is C18H19F3N4O3. The van der Waals surface area contributed by atoms with Crippen LogP contribution in [0.3, 0.4) is 0 Å². The van der Waals surface area contributed by atoms with Crippen LogP contribution in [-0.4, -0.2) is 35.7 Å². The lowest BCUT2D eigenvalue weighted by atomic mass is 10.2. The number of urea groups is 1. The number of pyridine rings is 1. The van der Waals surface area contributed by atoms with Gasteiger partial charge in [-0.2, -0.15) is 13.2 Å². The van der Waals surface area contributed by atoms with Crippen molar-refractivity contribution in [2.24, 2.45) is 0 Å². The maximum Gasteiger partial charge on any atom is 0.422 e. The van der Waals surface area contributed by atoms with E-state index in [-0.39, 0.29) is 18.0 Å². The van der Waals surface area contributed by atoms with Crippen LogP contribution in [0.2, 0.25) is 0 Å². The topological polar surface area (TPSA) is 92.4 Å². The number of hydrogen-bond donors (Lipinski definition) is 3. The van der Waals surface area contributed by atoms with Crippen LogP contribution < -0.4 is 20.7 Å². The van der Waals surface area contributed by atoms with Crippen LogP contribution in [0, 0.1) is 0 Å². The zero-order valence-electron chi connectivity index (χ0n) is 15.1. The van der Waals surface area contributed by atoms with Crippen molar-refractivity contribution in [3.63, 3.8) is 0 Å².